The fourth-order valence-corrected chi connectivity index (χ4v) is 3.44. The van der Waals surface area contributed by atoms with Gasteiger partial charge >= 0.3 is 0 Å². The van der Waals surface area contributed by atoms with Crippen molar-refractivity contribution in [3.63, 3.8) is 0 Å². The molecule has 0 aromatic heterocycles. The van der Waals surface area contributed by atoms with E-state index >= 15 is 0 Å². The van der Waals surface area contributed by atoms with Crippen LogP contribution in [0.3, 0.4) is 0 Å². The molecule has 1 amide bonds. The lowest BCUT2D eigenvalue weighted by Gasteiger charge is -2.48. The summed E-state index contributed by atoms with van der Waals surface area (Å²) in [5, 5.41) is 13.8. The van der Waals surface area contributed by atoms with Gasteiger partial charge < -0.3 is 14.7 Å². The average Bonchev–Trinajstić information content (AvgIpc) is 2.44. The Bertz CT molecular complexity index is 400. The van der Waals surface area contributed by atoms with E-state index in [1.54, 1.807) is 18.9 Å². The minimum absolute atomic E-state index is 0.0570. The van der Waals surface area contributed by atoms with Crippen molar-refractivity contribution in [1.82, 2.24) is 10.2 Å². The highest BCUT2D eigenvalue weighted by Crippen LogP contribution is 2.47. The van der Waals surface area contributed by atoms with Crippen molar-refractivity contribution in [3.8, 4) is 0 Å². The lowest BCUT2D eigenvalue weighted by atomic mass is 9.61. The number of nitrogens with zero attached hydrogens (tertiary/aromatic N) is 1. The van der Waals surface area contributed by atoms with Gasteiger partial charge in [0.1, 0.15) is 6.23 Å². The molecule has 0 saturated heterocycles. The number of methoxy groups -OCH3 is 1. The lowest BCUT2D eigenvalue weighted by Crippen LogP contribution is -2.54. The molecule has 0 aromatic carbocycles. The molecule has 0 radical (unpaired) electrons. The van der Waals surface area contributed by atoms with E-state index in [1.165, 1.54) is 6.42 Å². The molecule has 5 nitrogen and oxygen atoms in total. The molecule has 0 spiro atoms. The third kappa shape index (κ3) is 5.16. The predicted molar refractivity (Wildman–Crippen MR) is 93.0 cm³/mol. The molecule has 2 N–H and O–H groups in total. The molecule has 1 fully saturated rings. The monoisotopic (exact) mass is 328 g/mol. The van der Waals surface area contributed by atoms with Gasteiger partial charge in [-0.25, -0.2) is 0 Å². The van der Waals surface area contributed by atoms with Crippen molar-refractivity contribution in [3.05, 3.63) is 0 Å². The van der Waals surface area contributed by atoms with E-state index in [-0.39, 0.29) is 22.7 Å². The van der Waals surface area contributed by atoms with Gasteiger partial charge in [0, 0.05) is 52.1 Å². The van der Waals surface area contributed by atoms with E-state index in [4.69, 9.17) is 4.74 Å². The van der Waals surface area contributed by atoms with E-state index in [2.05, 4.69) is 33.0 Å². The lowest BCUT2D eigenvalue weighted by molar-refractivity contribution is -0.129. The average molecular weight is 328 g/mol. The number of hydrogen-bond acceptors (Lipinski definition) is 4. The standard InChI is InChI=1S/C18H36N2O3/c1-13(10-23-7)18(5,12-20(6)14(2)21)11-19-16(22)15-8-9-17(15,3)4/h13,15-16,19,22H,8-12H2,1-7H3/t13-,15+,16?,18?/m0/s1. The van der Waals surface area contributed by atoms with Crippen LogP contribution in [-0.2, 0) is 9.53 Å². The van der Waals surface area contributed by atoms with Gasteiger partial charge in [0.2, 0.25) is 5.91 Å². The van der Waals surface area contributed by atoms with Crippen LogP contribution in [0.2, 0.25) is 0 Å². The second-order valence-corrected chi connectivity index (χ2v) is 8.34. The van der Waals surface area contributed by atoms with Gasteiger partial charge in [0.05, 0.1) is 0 Å². The van der Waals surface area contributed by atoms with Crippen LogP contribution in [0.15, 0.2) is 0 Å². The summed E-state index contributed by atoms with van der Waals surface area (Å²) in [7, 11) is 3.52. The number of carbonyl (C=O) groups is 1. The third-order valence-corrected chi connectivity index (χ3v) is 5.94. The highest BCUT2D eigenvalue weighted by molar-refractivity contribution is 5.72. The summed E-state index contributed by atoms with van der Waals surface area (Å²) in [5.74, 6) is 0.625. The Morgan fingerprint density at radius 3 is 2.52 bits per heavy atom. The number of amides is 1. The largest absolute Gasteiger partial charge is 0.384 e. The number of ether oxygens (including phenoxy) is 1. The molecule has 0 heterocycles. The fourth-order valence-electron chi connectivity index (χ4n) is 3.44. The summed E-state index contributed by atoms with van der Waals surface area (Å²) in [5.41, 5.74) is 0.0441. The second-order valence-electron chi connectivity index (χ2n) is 8.34. The maximum atomic E-state index is 11.6. The zero-order chi connectivity index (χ0) is 17.8. The van der Waals surface area contributed by atoms with Gasteiger partial charge in [0.25, 0.3) is 0 Å². The third-order valence-electron chi connectivity index (χ3n) is 5.94. The Kier molecular flexibility index (Phi) is 7.05. The summed E-state index contributed by atoms with van der Waals surface area (Å²) in [6.07, 6.45) is 1.75. The molecule has 23 heavy (non-hydrogen) atoms. The molecule has 0 bridgehead atoms. The first-order chi connectivity index (χ1) is 10.5. The number of aliphatic hydroxyl groups excluding tert-OH is 1. The first-order valence-corrected chi connectivity index (χ1v) is 8.65. The predicted octanol–water partition coefficient (Wildman–Crippen LogP) is 2.10. The zero-order valence-corrected chi connectivity index (χ0v) is 16.0. The van der Waals surface area contributed by atoms with Gasteiger partial charge in [-0.15, -0.1) is 0 Å². The molecule has 1 saturated carbocycles. The Morgan fingerprint density at radius 1 is 1.52 bits per heavy atom. The number of nitrogens with one attached hydrogen (secondary N) is 1. The normalized spacial score (nSPS) is 25.1. The van der Waals surface area contributed by atoms with Crippen LogP contribution in [0.5, 0.6) is 0 Å². The number of hydrogen-bond donors (Lipinski definition) is 2. The van der Waals surface area contributed by atoms with Crippen molar-refractivity contribution < 1.29 is 14.6 Å². The van der Waals surface area contributed by atoms with Gasteiger partial charge in [0.15, 0.2) is 0 Å². The molecule has 1 aliphatic rings. The number of carbonyl (C=O) groups excluding carboxylic acids is 1. The topological polar surface area (TPSA) is 61.8 Å². The van der Waals surface area contributed by atoms with Crippen LogP contribution in [0, 0.1) is 22.7 Å². The Balaban J connectivity index is 2.70. The molecule has 0 aliphatic heterocycles. The van der Waals surface area contributed by atoms with Crippen LogP contribution in [-0.4, -0.2) is 56.0 Å². The summed E-state index contributed by atoms with van der Waals surface area (Å²) in [4.78, 5) is 13.4. The summed E-state index contributed by atoms with van der Waals surface area (Å²) in [6, 6.07) is 0. The summed E-state index contributed by atoms with van der Waals surface area (Å²) >= 11 is 0. The SMILES string of the molecule is COC[C@H](C)C(C)(CNC(O)[C@H]1CCC1(C)C)CN(C)C(C)=O. The fraction of sp³-hybridized carbons (Fsp3) is 0.944. The highest BCUT2D eigenvalue weighted by atomic mass is 16.5. The first-order valence-electron chi connectivity index (χ1n) is 8.65. The smallest absolute Gasteiger partial charge is 0.219 e. The maximum Gasteiger partial charge on any atom is 0.219 e. The zero-order valence-electron chi connectivity index (χ0n) is 16.0. The van der Waals surface area contributed by atoms with Crippen LogP contribution >= 0.6 is 0 Å². The molecule has 1 aliphatic carbocycles. The number of aliphatic hydroxyl groups is 1. The number of rotatable bonds is 9. The van der Waals surface area contributed by atoms with E-state index in [1.807, 2.05) is 7.05 Å². The van der Waals surface area contributed by atoms with E-state index in [0.29, 0.717) is 25.6 Å². The Hall–Kier alpha value is -0.650. The van der Waals surface area contributed by atoms with Crippen molar-refractivity contribution in [2.24, 2.45) is 22.7 Å². The van der Waals surface area contributed by atoms with Gasteiger partial charge in [-0.1, -0.05) is 27.7 Å². The van der Waals surface area contributed by atoms with Gasteiger partial charge in [-0.2, -0.15) is 0 Å². The molecule has 0 aromatic rings. The van der Waals surface area contributed by atoms with Crippen molar-refractivity contribution in [2.75, 3.05) is 33.9 Å². The minimum atomic E-state index is -0.490. The summed E-state index contributed by atoms with van der Waals surface area (Å²) < 4.78 is 5.32. The molecule has 2 unspecified atom stereocenters. The quantitative estimate of drug-likeness (QED) is 0.636. The van der Waals surface area contributed by atoms with Crippen molar-refractivity contribution in [2.45, 2.75) is 53.7 Å². The van der Waals surface area contributed by atoms with Crippen LogP contribution in [0.4, 0.5) is 0 Å². The molecule has 4 atom stereocenters. The van der Waals surface area contributed by atoms with Gasteiger partial charge in [-0.3, -0.25) is 10.1 Å². The molecular weight excluding hydrogens is 292 g/mol. The highest BCUT2D eigenvalue weighted by Gasteiger charge is 2.43. The Morgan fingerprint density at radius 2 is 2.13 bits per heavy atom. The van der Waals surface area contributed by atoms with E-state index < -0.39 is 6.23 Å². The van der Waals surface area contributed by atoms with Gasteiger partial charge in [-0.05, 0) is 24.2 Å². The molecule has 1 rings (SSSR count). The molecule has 136 valence electrons. The summed E-state index contributed by atoms with van der Waals surface area (Å²) in [6.45, 7) is 12.2. The van der Waals surface area contributed by atoms with Crippen LogP contribution < -0.4 is 5.32 Å². The maximum absolute atomic E-state index is 11.6. The molecule has 5 heteroatoms. The van der Waals surface area contributed by atoms with E-state index in [9.17, 15) is 9.90 Å². The van der Waals surface area contributed by atoms with Crippen LogP contribution in [0.1, 0.15) is 47.5 Å². The Labute approximate surface area is 141 Å². The van der Waals surface area contributed by atoms with Crippen molar-refractivity contribution in [1.29, 1.82) is 0 Å². The van der Waals surface area contributed by atoms with Crippen LogP contribution in [0.25, 0.3) is 0 Å². The second kappa shape index (κ2) is 7.95. The van der Waals surface area contributed by atoms with Crippen molar-refractivity contribution >= 4 is 5.91 Å². The molecular formula is C18H36N2O3. The van der Waals surface area contributed by atoms with E-state index in [0.717, 1.165) is 6.42 Å². The first kappa shape index (κ1) is 20.4. The minimum Gasteiger partial charge on any atom is -0.384 e.